The van der Waals surface area contributed by atoms with Gasteiger partial charge >= 0.3 is 0 Å². The van der Waals surface area contributed by atoms with Crippen molar-refractivity contribution >= 4 is 33.2 Å². The molecule has 0 aliphatic carbocycles. The highest BCUT2D eigenvalue weighted by atomic mass is 79.9. The van der Waals surface area contributed by atoms with Gasteiger partial charge in [0.05, 0.1) is 12.7 Å². The Morgan fingerprint density at radius 1 is 1.00 bits per heavy atom. The molecule has 1 aliphatic rings. The van der Waals surface area contributed by atoms with Crippen LogP contribution in [0.2, 0.25) is 0 Å². The summed E-state index contributed by atoms with van der Waals surface area (Å²) in [4.78, 5) is 17.7. The maximum absolute atomic E-state index is 12.8. The summed E-state index contributed by atoms with van der Waals surface area (Å²) in [6.07, 6.45) is 0. The summed E-state index contributed by atoms with van der Waals surface area (Å²) in [6.45, 7) is 6.98. The molecule has 1 amide bonds. The Morgan fingerprint density at radius 3 is 2.34 bits per heavy atom. The predicted octanol–water partition coefficient (Wildman–Crippen LogP) is 5.34. The van der Waals surface area contributed by atoms with E-state index < -0.39 is 0 Å². The third-order valence-corrected chi connectivity index (χ3v) is 6.26. The fourth-order valence-corrected chi connectivity index (χ4v) is 4.70. The van der Waals surface area contributed by atoms with Crippen molar-refractivity contribution in [3.63, 3.8) is 0 Å². The fourth-order valence-electron chi connectivity index (χ4n) is 4.13. The van der Waals surface area contributed by atoms with Crippen LogP contribution >= 0.6 is 15.9 Å². The molecular formula is C26H28BrN3O2. The number of carbonyl (C=O) groups excluding carboxylic acids is 1. The monoisotopic (exact) mass is 493 g/mol. The van der Waals surface area contributed by atoms with Crippen LogP contribution in [0.3, 0.4) is 0 Å². The molecule has 5 nitrogen and oxygen atoms in total. The molecule has 0 spiro atoms. The zero-order valence-corrected chi connectivity index (χ0v) is 20.1. The average molecular weight is 494 g/mol. The standard InChI is InChI=1S/C26H28BrN3O2/c1-19-16-21(27)17-24(25(19)32-2)26(31)28-22-8-10-23(11-9-22)30-14-12-29(13-15-30)18-20-6-4-3-5-7-20/h3-11,16-17H,12-15,18H2,1-2H3,(H,28,31). The number of amides is 1. The third-order valence-electron chi connectivity index (χ3n) is 5.80. The molecule has 1 fully saturated rings. The van der Waals surface area contributed by atoms with E-state index in [1.807, 2.05) is 25.1 Å². The number of benzene rings is 3. The molecule has 1 aliphatic heterocycles. The minimum absolute atomic E-state index is 0.187. The van der Waals surface area contributed by atoms with Crippen LogP contribution in [0.4, 0.5) is 11.4 Å². The van der Waals surface area contributed by atoms with Crippen LogP contribution in [-0.4, -0.2) is 44.1 Å². The van der Waals surface area contributed by atoms with Crippen molar-refractivity contribution in [2.45, 2.75) is 13.5 Å². The molecule has 32 heavy (non-hydrogen) atoms. The van der Waals surface area contributed by atoms with E-state index in [-0.39, 0.29) is 5.91 Å². The maximum atomic E-state index is 12.8. The number of nitrogens with one attached hydrogen (secondary N) is 1. The van der Waals surface area contributed by atoms with Crippen LogP contribution in [0.15, 0.2) is 71.2 Å². The minimum atomic E-state index is -0.187. The van der Waals surface area contributed by atoms with Crippen molar-refractivity contribution in [1.82, 2.24) is 4.90 Å². The fraction of sp³-hybridized carbons (Fsp3) is 0.269. The summed E-state index contributed by atoms with van der Waals surface area (Å²) in [5.74, 6) is 0.407. The lowest BCUT2D eigenvalue weighted by Gasteiger charge is -2.36. The molecule has 0 atom stereocenters. The number of methoxy groups -OCH3 is 1. The van der Waals surface area contributed by atoms with Crippen LogP contribution < -0.4 is 15.0 Å². The van der Waals surface area contributed by atoms with E-state index in [2.05, 4.69) is 73.5 Å². The average Bonchev–Trinajstić information content (AvgIpc) is 2.80. The lowest BCUT2D eigenvalue weighted by atomic mass is 10.1. The number of carbonyl (C=O) groups is 1. The van der Waals surface area contributed by atoms with Crippen molar-refractivity contribution in [2.75, 3.05) is 43.5 Å². The van der Waals surface area contributed by atoms with Gasteiger partial charge in [-0.3, -0.25) is 9.69 Å². The van der Waals surface area contributed by atoms with E-state index in [4.69, 9.17) is 4.74 Å². The highest BCUT2D eigenvalue weighted by Crippen LogP contribution is 2.29. The van der Waals surface area contributed by atoms with Gasteiger partial charge in [-0.25, -0.2) is 0 Å². The lowest BCUT2D eigenvalue weighted by molar-refractivity contribution is 0.102. The number of nitrogens with zero attached hydrogens (tertiary/aromatic N) is 2. The highest BCUT2D eigenvalue weighted by Gasteiger charge is 2.18. The number of anilines is 2. The van der Waals surface area contributed by atoms with E-state index in [1.165, 1.54) is 11.3 Å². The molecule has 6 heteroatoms. The predicted molar refractivity (Wildman–Crippen MR) is 134 cm³/mol. The normalized spacial score (nSPS) is 14.3. The van der Waals surface area contributed by atoms with E-state index in [1.54, 1.807) is 13.2 Å². The second-order valence-electron chi connectivity index (χ2n) is 8.05. The first-order valence-corrected chi connectivity index (χ1v) is 11.6. The van der Waals surface area contributed by atoms with E-state index in [0.29, 0.717) is 11.3 Å². The summed E-state index contributed by atoms with van der Waals surface area (Å²) in [6, 6.07) is 22.4. The molecule has 166 valence electrons. The van der Waals surface area contributed by atoms with Gasteiger partial charge in [-0.2, -0.15) is 0 Å². The van der Waals surface area contributed by atoms with Crippen molar-refractivity contribution in [2.24, 2.45) is 0 Å². The molecule has 1 saturated heterocycles. The van der Waals surface area contributed by atoms with Crippen molar-refractivity contribution in [3.8, 4) is 5.75 Å². The molecule has 4 rings (SSSR count). The Kier molecular flexibility index (Phi) is 7.12. The van der Waals surface area contributed by atoms with Crippen LogP contribution in [0.5, 0.6) is 5.75 Å². The van der Waals surface area contributed by atoms with Crippen LogP contribution in [0.1, 0.15) is 21.5 Å². The first kappa shape index (κ1) is 22.4. The van der Waals surface area contributed by atoms with Crippen LogP contribution in [-0.2, 0) is 6.54 Å². The summed E-state index contributed by atoms with van der Waals surface area (Å²) in [7, 11) is 1.58. The summed E-state index contributed by atoms with van der Waals surface area (Å²) in [5.41, 5.74) is 4.73. The second kappa shape index (κ2) is 10.2. The van der Waals surface area contributed by atoms with Crippen molar-refractivity contribution < 1.29 is 9.53 Å². The van der Waals surface area contributed by atoms with Gasteiger partial charge in [-0.1, -0.05) is 46.3 Å². The second-order valence-corrected chi connectivity index (χ2v) is 8.97. The number of hydrogen-bond donors (Lipinski definition) is 1. The molecule has 0 bridgehead atoms. The number of aryl methyl sites for hydroxylation is 1. The van der Waals surface area contributed by atoms with Gasteiger partial charge < -0.3 is 15.0 Å². The maximum Gasteiger partial charge on any atom is 0.259 e. The number of halogens is 1. The molecule has 1 N–H and O–H groups in total. The van der Waals surface area contributed by atoms with Gasteiger partial charge in [0, 0.05) is 48.6 Å². The third kappa shape index (κ3) is 5.31. The highest BCUT2D eigenvalue weighted by molar-refractivity contribution is 9.10. The molecule has 0 unspecified atom stereocenters. The van der Waals surface area contributed by atoms with Crippen molar-refractivity contribution in [1.29, 1.82) is 0 Å². The van der Waals surface area contributed by atoms with Crippen LogP contribution in [0.25, 0.3) is 0 Å². The van der Waals surface area contributed by atoms with Gasteiger partial charge in [-0.15, -0.1) is 0 Å². The van der Waals surface area contributed by atoms with Gasteiger partial charge in [0.1, 0.15) is 5.75 Å². The minimum Gasteiger partial charge on any atom is -0.496 e. The first-order chi connectivity index (χ1) is 15.5. The Balaban J connectivity index is 1.35. The van der Waals surface area contributed by atoms with Crippen molar-refractivity contribution in [3.05, 3.63) is 87.9 Å². The molecule has 3 aromatic carbocycles. The van der Waals surface area contributed by atoms with Crippen LogP contribution in [0, 0.1) is 6.92 Å². The topological polar surface area (TPSA) is 44.8 Å². The number of ether oxygens (including phenoxy) is 1. The molecule has 3 aromatic rings. The first-order valence-electron chi connectivity index (χ1n) is 10.8. The quantitative estimate of drug-likeness (QED) is 0.503. The van der Waals surface area contributed by atoms with Gasteiger partial charge in [0.15, 0.2) is 0 Å². The van der Waals surface area contributed by atoms with Gasteiger partial charge in [0.25, 0.3) is 5.91 Å². The summed E-state index contributed by atoms with van der Waals surface area (Å²) >= 11 is 3.46. The van der Waals surface area contributed by atoms with Gasteiger partial charge in [0.2, 0.25) is 0 Å². The zero-order chi connectivity index (χ0) is 22.5. The molecule has 0 saturated carbocycles. The number of piperazine rings is 1. The SMILES string of the molecule is COc1c(C)cc(Br)cc1C(=O)Nc1ccc(N2CCN(Cc3ccccc3)CC2)cc1. The number of rotatable bonds is 6. The summed E-state index contributed by atoms with van der Waals surface area (Å²) < 4.78 is 6.29. The summed E-state index contributed by atoms with van der Waals surface area (Å²) in [5, 5.41) is 2.99. The molecular weight excluding hydrogens is 466 g/mol. The molecule has 1 heterocycles. The zero-order valence-electron chi connectivity index (χ0n) is 18.5. The Bertz CT molecular complexity index is 1060. The molecule has 0 radical (unpaired) electrons. The van der Waals surface area contributed by atoms with E-state index in [0.717, 1.165) is 48.4 Å². The van der Waals surface area contributed by atoms with E-state index in [9.17, 15) is 4.79 Å². The van der Waals surface area contributed by atoms with E-state index >= 15 is 0 Å². The molecule has 0 aromatic heterocycles. The Morgan fingerprint density at radius 2 is 1.69 bits per heavy atom. The Labute approximate surface area is 198 Å². The smallest absolute Gasteiger partial charge is 0.259 e. The Hall–Kier alpha value is -2.83. The number of hydrogen-bond acceptors (Lipinski definition) is 4. The lowest BCUT2D eigenvalue weighted by Crippen LogP contribution is -2.45. The van der Waals surface area contributed by atoms with Gasteiger partial charge in [-0.05, 0) is 54.4 Å². The largest absolute Gasteiger partial charge is 0.496 e.